The first kappa shape index (κ1) is 19.2. The number of esters is 1. The lowest BCUT2D eigenvalue weighted by Gasteiger charge is -2.60. The zero-order chi connectivity index (χ0) is 20.4. The van der Waals surface area contributed by atoms with Gasteiger partial charge in [0.25, 0.3) is 0 Å². The molecule has 1 heterocycles. The van der Waals surface area contributed by atoms with E-state index in [-0.39, 0.29) is 22.9 Å². The summed E-state index contributed by atoms with van der Waals surface area (Å²) in [7, 11) is 0. The van der Waals surface area contributed by atoms with E-state index >= 15 is 0 Å². The molecule has 0 N–H and O–H groups in total. The van der Waals surface area contributed by atoms with E-state index < -0.39 is 0 Å². The fourth-order valence-corrected chi connectivity index (χ4v) is 7.46. The first-order valence-corrected chi connectivity index (χ1v) is 11.4. The summed E-state index contributed by atoms with van der Waals surface area (Å²) in [4.78, 5) is 11.9. The molecule has 5 rings (SSSR count). The highest BCUT2D eigenvalue weighted by molar-refractivity contribution is 5.83. The Morgan fingerprint density at radius 3 is 2.59 bits per heavy atom. The molecule has 0 aromatic heterocycles. The van der Waals surface area contributed by atoms with E-state index in [1.165, 1.54) is 24.8 Å². The van der Waals surface area contributed by atoms with Gasteiger partial charge in [-0.3, -0.25) is 0 Å². The number of rotatable bonds is 2. The molecule has 0 saturated heterocycles. The molecule has 3 fully saturated rings. The van der Waals surface area contributed by atoms with Crippen LogP contribution in [-0.2, 0) is 9.53 Å². The van der Waals surface area contributed by atoms with Crippen molar-refractivity contribution < 1.29 is 14.3 Å². The van der Waals surface area contributed by atoms with Gasteiger partial charge in [0.2, 0.25) is 0 Å². The first-order valence-electron chi connectivity index (χ1n) is 11.4. The Morgan fingerprint density at radius 2 is 1.83 bits per heavy atom. The number of carbonyl (C=O) groups excluding carboxylic acids is 1. The summed E-state index contributed by atoms with van der Waals surface area (Å²) in [6.45, 7) is 9.33. The van der Waals surface area contributed by atoms with Crippen molar-refractivity contribution in [3.63, 3.8) is 0 Å². The lowest BCUT2D eigenvalue weighted by molar-refractivity contribution is -0.175. The fraction of sp³-hybridized carbons (Fsp3) is 0.654. The van der Waals surface area contributed by atoms with E-state index in [1.807, 2.05) is 0 Å². The summed E-state index contributed by atoms with van der Waals surface area (Å²) in [6.07, 6.45) is 10.00. The zero-order valence-corrected chi connectivity index (χ0v) is 18.2. The summed E-state index contributed by atoms with van der Waals surface area (Å²) < 4.78 is 12.4. The molecule has 156 valence electrons. The third-order valence-electron chi connectivity index (χ3n) is 9.12. The Balaban J connectivity index is 1.42. The van der Waals surface area contributed by atoms with Gasteiger partial charge >= 0.3 is 5.97 Å². The first-order chi connectivity index (χ1) is 13.8. The minimum atomic E-state index is -0.161. The highest BCUT2D eigenvalue weighted by Crippen LogP contribution is 2.65. The van der Waals surface area contributed by atoms with E-state index in [4.69, 9.17) is 9.47 Å². The average molecular weight is 395 g/mol. The van der Waals surface area contributed by atoms with Crippen molar-refractivity contribution >= 4 is 5.97 Å². The maximum atomic E-state index is 11.9. The van der Waals surface area contributed by atoms with Crippen LogP contribution in [0.15, 0.2) is 36.4 Å². The third kappa shape index (κ3) is 2.87. The Labute approximate surface area is 174 Å². The number of ether oxygens (including phenoxy) is 2. The van der Waals surface area contributed by atoms with Gasteiger partial charge in [-0.1, -0.05) is 44.5 Å². The van der Waals surface area contributed by atoms with Crippen LogP contribution in [0.5, 0.6) is 5.75 Å². The zero-order valence-electron chi connectivity index (χ0n) is 18.2. The second-order valence-corrected chi connectivity index (χ2v) is 10.7. The number of aryl methyl sites for hydroxylation is 1. The molecular formula is C26H34O3. The molecule has 1 aliphatic heterocycles. The molecule has 1 aromatic carbocycles. The van der Waals surface area contributed by atoms with E-state index in [1.54, 1.807) is 6.08 Å². The Morgan fingerprint density at radius 1 is 1.07 bits per heavy atom. The highest BCUT2D eigenvalue weighted by atomic mass is 16.5. The number of carbonyl (C=O) groups is 1. The lowest BCUT2D eigenvalue weighted by atomic mass is 9.47. The van der Waals surface area contributed by atoms with E-state index in [0.29, 0.717) is 29.8 Å². The average Bonchev–Trinajstić information content (AvgIpc) is 3.01. The standard InChI is InChI=1S/C26H34O3/c1-16-5-7-18(8-6-16)28-21-10-9-19-24-17(2)15-22-26(4,14-12-23(27)29-22)20(24)11-13-25(19,21)3/h5-8,12,14,17,19-22,24H,9-11,13,15H2,1-4H3/t17-,19-,20-,21-,22+,24-,25-,26+/m0/s1. The van der Waals surface area contributed by atoms with Crippen molar-refractivity contribution in [2.45, 2.75) is 72.0 Å². The maximum absolute atomic E-state index is 11.9. The van der Waals surface area contributed by atoms with Crippen molar-refractivity contribution in [1.29, 1.82) is 0 Å². The SMILES string of the molecule is Cc1ccc(O[C@H]2CC[C@H]3[C@@H]4[C@@H](C)C[C@H]5OC(=O)C=C[C@]5(C)[C@H]4CC[C@]23C)cc1. The molecule has 1 aromatic rings. The molecular weight excluding hydrogens is 360 g/mol. The van der Waals surface area contributed by atoms with Crippen molar-refractivity contribution in [2.75, 3.05) is 0 Å². The van der Waals surface area contributed by atoms with Crippen LogP contribution in [0.2, 0.25) is 0 Å². The lowest BCUT2D eigenvalue weighted by Crippen LogP contribution is -2.58. The minimum Gasteiger partial charge on any atom is -0.490 e. The van der Waals surface area contributed by atoms with Gasteiger partial charge in [-0.15, -0.1) is 0 Å². The van der Waals surface area contributed by atoms with Crippen LogP contribution in [0.1, 0.15) is 58.4 Å². The van der Waals surface area contributed by atoms with Gasteiger partial charge in [-0.25, -0.2) is 4.79 Å². The van der Waals surface area contributed by atoms with Gasteiger partial charge in [-0.05, 0) is 74.8 Å². The molecule has 0 amide bonds. The molecule has 3 nitrogen and oxygen atoms in total. The van der Waals surface area contributed by atoms with Crippen LogP contribution >= 0.6 is 0 Å². The molecule has 0 spiro atoms. The monoisotopic (exact) mass is 394 g/mol. The molecule has 0 radical (unpaired) electrons. The van der Waals surface area contributed by atoms with Crippen molar-refractivity contribution in [2.24, 2.45) is 34.5 Å². The summed E-state index contributed by atoms with van der Waals surface area (Å²) in [5.41, 5.74) is 1.49. The van der Waals surface area contributed by atoms with Gasteiger partial charge in [0.15, 0.2) is 0 Å². The van der Waals surface area contributed by atoms with Crippen molar-refractivity contribution in [1.82, 2.24) is 0 Å². The maximum Gasteiger partial charge on any atom is 0.330 e. The third-order valence-corrected chi connectivity index (χ3v) is 9.12. The van der Waals surface area contributed by atoms with Crippen LogP contribution in [0, 0.1) is 41.4 Å². The van der Waals surface area contributed by atoms with Crippen LogP contribution in [0.3, 0.4) is 0 Å². The van der Waals surface area contributed by atoms with Gasteiger partial charge in [0.1, 0.15) is 18.0 Å². The van der Waals surface area contributed by atoms with Crippen LogP contribution in [0.4, 0.5) is 0 Å². The molecule has 3 heteroatoms. The largest absolute Gasteiger partial charge is 0.490 e. The molecule has 29 heavy (non-hydrogen) atoms. The van der Waals surface area contributed by atoms with Crippen LogP contribution in [0.25, 0.3) is 0 Å². The number of benzene rings is 1. The second kappa shape index (κ2) is 6.62. The number of hydrogen-bond donors (Lipinski definition) is 0. The number of fused-ring (bicyclic) bond motifs is 5. The predicted octanol–water partition coefficient (Wildman–Crippen LogP) is 5.71. The van der Waals surface area contributed by atoms with Crippen molar-refractivity contribution in [3.05, 3.63) is 42.0 Å². The van der Waals surface area contributed by atoms with Gasteiger partial charge in [-0.2, -0.15) is 0 Å². The Bertz CT molecular complexity index is 827. The van der Waals surface area contributed by atoms with Gasteiger partial charge < -0.3 is 9.47 Å². The Kier molecular flexibility index (Phi) is 4.38. The molecule has 8 atom stereocenters. The predicted molar refractivity (Wildman–Crippen MR) is 114 cm³/mol. The van der Waals surface area contributed by atoms with E-state index in [2.05, 4.69) is 58.0 Å². The molecule has 3 saturated carbocycles. The van der Waals surface area contributed by atoms with Gasteiger partial charge in [0, 0.05) is 16.9 Å². The molecule has 4 aliphatic rings. The molecule has 0 bridgehead atoms. The van der Waals surface area contributed by atoms with E-state index in [9.17, 15) is 4.79 Å². The smallest absolute Gasteiger partial charge is 0.330 e. The van der Waals surface area contributed by atoms with E-state index in [0.717, 1.165) is 18.6 Å². The highest BCUT2D eigenvalue weighted by Gasteiger charge is 2.62. The number of hydrogen-bond acceptors (Lipinski definition) is 3. The summed E-state index contributed by atoms with van der Waals surface area (Å²) >= 11 is 0. The quantitative estimate of drug-likeness (QED) is 0.603. The normalized spacial score (nSPS) is 45.7. The molecule has 3 aliphatic carbocycles. The second-order valence-electron chi connectivity index (χ2n) is 10.7. The fourth-order valence-electron chi connectivity index (χ4n) is 7.46. The van der Waals surface area contributed by atoms with Gasteiger partial charge in [0.05, 0.1) is 0 Å². The van der Waals surface area contributed by atoms with Crippen LogP contribution in [-0.4, -0.2) is 18.2 Å². The minimum absolute atomic E-state index is 0.0116. The Hall–Kier alpha value is -1.77. The summed E-state index contributed by atoms with van der Waals surface area (Å²) in [5.74, 6) is 3.40. The van der Waals surface area contributed by atoms with Crippen LogP contribution < -0.4 is 4.74 Å². The molecule has 0 unspecified atom stereocenters. The summed E-state index contributed by atoms with van der Waals surface area (Å²) in [5, 5.41) is 0. The summed E-state index contributed by atoms with van der Waals surface area (Å²) in [6, 6.07) is 8.52. The topological polar surface area (TPSA) is 35.5 Å². The van der Waals surface area contributed by atoms with Crippen molar-refractivity contribution in [3.8, 4) is 5.75 Å².